The molecule has 1 amide bonds. The van der Waals surface area contributed by atoms with Crippen molar-refractivity contribution in [2.24, 2.45) is 0 Å². The summed E-state index contributed by atoms with van der Waals surface area (Å²) < 4.78 is 12.0. The van der Waals surface area contributed by atoms with Gasteiger partial charge in [-0.1, -0.05) is 42.0 Å². The van der Waals surface area contributed by atoms with Crippen LogP contribution in [-0.4, -0.2) is 30.9 Å². The Morgan fingerprint density at radius 1 is 1.09 bits per heavy atom. The second-order valence-corrected chi connectivity index (χ2v) is 9.25. The lowest BCUT2D eigenvalue weighted by Crippen LogP contribution is -2.28. The van der Waals surface area contributed by atoms with Crippen molar-refractivity contribution < 1.29 is 14.5 Å². The predicted octanol–water partition coefficient (Wildman–Crippen LogP) is 2.71. The first kappa shape index (κ1) is 17.5. The molecule has 1 atom stereocenters. The second kappa shape index (κ2) is 7.12. The predicted molar refractivity (Wildman–Crippen MR) is 94.0 cm³/mol. The van der Waals surface area contributed by atoms with E-state index in [4.69, 9.17) is 0 Å². The minimum atomic E-state index is -2.32. The lowest BCUT2D eigenvalue weighted by atomic mass is 10.1. The molecular formula is C18H22NO3P. The van der Waals surface area contributed by atoms with Crippen LogP contribution in [0.15, 0.2) is 48.5 Å². The van der Waals surface area contributed by atoms with E-state index in [-0.39, 0.29) is 12.5 Å². The number of benzene rings is 2. The second-order valence-electron chi connectivity index (χ2n) is 6.03. The van der Waals surface area contributed by atoms with Crippen LogP contribution in [0.3, 0.4) is 0 Å². The van der Waals surface area contributed by atoms with Gasteiger partial charge >= 0.3 is 0 Å². The number of rotatable bonds is 5. The van der Waals surface area contributed by atoms with Crippen molar-refractivity contribution in [1.29, 1.82) is 0 Å². The van der Waals surface area contributed by atoms with Crippen LogP contribution in [0.25, 0.3) is 0 Å². The first-order valence-electron chi connectivity index (χ1n) is 7.46. The van der Waals surface area contributed by atoms with Crippen LogP contribution >= 0.6 is 7.14 Å². The van der Waals surface area contributed by atoms with E-state index in [9.17, 15) is 14.5 Å². The molecule has 0 radical (unpaired) electrons. The number of aryl methyl sites for hydroxylation is 1. The van der Waals surface area contributed by atoms with Crippen molar-refractivity contribution >= 4 is 18.4 Å². The van der Waals surface area contributed by atoms with Gasteiger partial charge in [0.2, 0.25) is 0 Å². The number of hydrogen-bond donors (Lipinski definition) is 2. The molecule has 2 aromatic carbocycles. The van der Waals surface area contributed by atoms with Crippen molar-refractivity contribution in [2.45, 2.75) is 13.0 Å². The quantitative estimate of drug-likeness (QED) is 0.828. The first-order valence-corrected chi connectivity index (χ1v) is 10.1. The normalized spacial score (nSPS) is 12.7. The van der Waals surface area contributed by atoms with E-state index in [0.717, 1.165) is 16.4 Å². The number of carbonyl (C=O) groups is 1. The van der Waals surface area contributed by atoms with Gasteiger partial charge in [-0.15, -0.1) is 0 Å². The fraction of sp³-hybridized carbons (Fsp3) is 0.278. The molecule has 0 bridgehead atoms. The number of amides is 1. The van der Waals surface area contributed by atoms with E-state index in [1.165, 1.54) is 0 Å². The molecule has 5 heteroatoms. The van der Waals surface area contributed by atoms with E-state index in [1.54, 1.807) is 37.6 Å². The van der Waals surface area contributed by atoms with E-state index < -0.39 is 13.2 Å². The Labute approximate surface area is 136 Å². The molecule has 0 aromatic heterocycles. The minimum Gasteiger partial charge on any atom is -0.387 e. The van der Waals surface area contributed by atoms with Crippen molar-refractivity contribution in [3.05, 3.63) is 65.2 Å². The molecule has 0 saturated carbocycles. The molecule has 2 rings (SSSR count). The van der Waals surface area contributed by atoms with E-state index in [1.807, 2.05) is 31.2 Å². The molecule has 23 heavy (non-hydrogen) atoms. The zero-order valence-electron chi connectivity index (χ0n) is 13.6. The molecule has 0 fully saturated rings. The summed E-state index contributed by atoms with van der Waals surface area (Å²) in [6.07, 6.45) is -0.745. The highest BCUT2D eigenvalue weighted by molar-refractivity contribution is 7.70. The maximum Gasteiger partial charge on any atom is 0.251 e. The Morgan fingerprint density at radius 2 is 1.65 bits per heavy atom. The highest BCUT2D eigenvalue weighted by Crippen LogP contribution is 2.34. The average Bonchev–Trinajstić information content (AvgIpc) is 2.52. The Hall–Kier alpha value is -1.90. The summed E-state index contributed by atoms with van der Waals surface area (Å²) in [6.45, 7) is 5.51. The van der Waals surface area contributed by atoms with Crippen LogP contribution in [0.1, 0.15) is 27.6 Å². The molecule has 4 nitrogen and oxygen atoms in total. The zero-order chi connectivity index (χ0) is 17.0. The van der Waals surface area contributed by atoms with E-state index in [0.29, 0.717) is 5.56 Å². The summed E-state index contributed by atoms with van der Waals surface area (Å²) >= 11 is 0. The number of aliphatic hydroxyl groups is 1. The highest BCUT2D eigenvalue weighted by atomic mass is 31.2. The Balaban J connectivity index is 1.96. The Bertz CT molecular complexity index is 717. The monoisotopic (exact) mass is 331 g/mol. The first-order chi connectivity index (χ1) is 10.8. The van der Waals surface area contributed by atoms with Crippen LogP contribution in [0.2, 0.25) is 0 Å². The molecule has 2 N–H and O–H groups in total. The minimum absolute atomic E-state index is 0.143. The smallest absolute Gasteiger partial charge is 0.251 e. The number of aliphatic hydroxyl groups excluding tert-OH is 1. The third kappa shape index (κ3) is 4.78. The van der Waals surface area contributed by atoms with Gasteiger partial charge in [0.1, 0.15) is 7.14 Å². The molecule has 122 valence electrons. The van der Waals surface area contributed by atoms with Crippen LogP contribution in [0.5, 0.6) is 0 Å². The van der Waals surface area contributed by atoms with Gasteiger partial charge in [0.25, 0.3) is 5.91 Å². The summed E-state index contributed by atoms with van der Waals surface area (Å²) in [6, 6.07) is 14.3. The molecule has 0 aliphatic carbocycles. The Kier molecular flexibility index (Phi) is 5.40. The van der Waals surface area contributed by atoms with Crippen LogP contribution in [0, 0.1) is 6.92 Å². The molecular weight excluding hydrogens is 309 g/mol. The third-order valence-corrected chi connectivity index (χ3v) is 5.21. The SMILES string of the molecule is Cc1ccc([C@@H](O)CNC(=O)c2ccc(P(C)(C)=O)cc2)cc1. The molecule has 2 aromatic rings. The Morgan fingerprint density at radius 3 is 2.17 bits per heavy atom. The van der Waals surface area contributed by atoms with Gasteiger partial charge in [-0.2, -0.15) is 0 Å². The van der Waals surface area contributed by atoms with Gasteiger partial charge < -0.3 is 15.0 Å². The fourth-order valence-electron chi connectivity index (χ4n) is 2.17. The van der Waals surface area contributed by atoms with Gasteiger partial charge in [-0.3, -0.25) is 4.79 Å². The van der Waals surface area contributed by atoms with Crippen molar-refractivity contribution in [3.8, 4) is 0 Å². The van der Waals surface area contributed by atoms with Crippen molar-refractivity contribution in [2.75, 3.05) is 19.9 Å². The third-order valence-electron chi connectivity index (χ3n) is 3.67. The summed E-state index contributed by atoms with van der Waals surface area (Å²) in [5.74, 6) is -0.259. The summed E-state index contributed by atoms with van der Waals surface area (Å²) in [5.41, 5.74) is 2.37. The van der Waals surface area contributed by atoms with Gasteiger partial charge in [0.15, 0.2) is 0 Å². The molecule has 0 aliphatic heterocycles. The van der Waals surface area contributed by atoms with Crippen LogP contribution in [0.4, 0.5) is 0 Å². The molecule has 0 unspecified atom stereocenters. The number of nitrogens with one attached hydrogen (secondary N) is 1. The summed E-state index contributed by atoms with van der Waals surface area (Å²) in [7, 11) is -2.32. The zero-order valence-corrected chi connectivity index (χ0v) is 14.5. The van der Waals surface area contributed by atoms with E-state index >= 15 is 0 Å². The molecule has 0 saturated heterocycles. The number of hydrogen-bond acceptors (Lipinski definition) is 3. The molecule has 0 spiro atoms. The average molecular weight is 331 g/mol. The number of carbonyl (C=O) groups excluding carboxylic acids is 1. The standard InChI is InChI=1S/C18H22NO3P/c1-13-4-6-14(7-5-13)17(20)12-19-18(21)15-8-10-16(11-9-15)23(2,3)22/h4-11,17,20H,12H2,1-3H3,(H,19,21)/t17-/m0/s1. The van der Waals surface area contributed by atoms with E-state index in [2.05, 4.69) is 5.32 Å². The topological polar surface area (TPSA) is 66.4 Å². The molecule has 0 heterocycles. The lowest BCUT2D eigenvalue weighted by molar-refractivity contribution is 0.0916. The van der Waals surface area contributed by atoms with Gasteiger partial charge in [-0.25, -0.2) is 0 Å². The molecule has 0 aliphatic rings. The van der Waals surface area contributed by atoms with Crippen molar-refractivity contribution in [1.82, 2.24) is 5.32 Å². The lowest BCUT2D eigenvalue weighted by Gasteiger charge is -2.13. The maximum atomic E-state index is 12.1. The maximum absolute atomic E-state index is 12.1. The summed E-state index contributed by atoms with van der Waals surface area (Å²) in [5, 5.41) is 13.6. The fourth-order valence-corrected chi connectivity index (χ4v) is 3.04. The van der Waals surface area contributed by atoms with Crippen molar-refractivity contribution in [3.63, 3.8) is 0 Å². The van der Waals surface area contributed by atoms with Crippen LogP contribution < -0.4 is 10.6 Å². The highest BCUT2D eigenvalue weighted by Gasteiger charge is 2.13. The van der Waals surface area contributed by atoms with Crippen LogP contribution in [-0.2, 0) is 4.57 Å². The summed E-state index contributed by atoms with van der Waals surface area (Å²) in [4.78, 5) is 12.1. The van der Waals surface area contributed by atoms with Gasteiger partial charge in [0.05, 0.1) is 6.10 Å². The van der Waals surface area contributed by atoms with Gasteiger partial charge in [0, 0.05) is 17.4 Å². The van der Waals surface area contributed by atoms with Gasteiger partial charge in [-0.05, 0) is 37.9 Å². The largest absolute Gasteiger partial charge is 0.387 e.